The standard InChI is InChI=1S/C24H33N5O2/c1-16-13-23(27-17(2)26-16)29-11-9-20(10-12-29)28-24(30)25-15-19-6-4-5-18-14-21(31-3)7-8-22(18)19/h7-8,13-14,19-20H,4-6,9-12,15H2,1-3H3,(H2,25,28,30). The van der Waals surface area contributed by atoms with Crippen LogP contribution in [0.5, 0.6) is 5.75 Å². The third-order valence-corrected chi connectivity index (χ3v) is 6.40. The maximum atomic E-state index is 12.5. The first kappa shape index (κ1) is 21.4. The Hall–Kier alpha value is -2.83. The lowest BCUT2D eigenvalue weighted by Crippen LogP contribution is -2.48. The van der Waals surface area contributed by atoms with Crippen molar-refractivity contribution < 1.29 is 9.53 Å². The number of anilines is 1. The van der Waals surface area contributed by atoms with E-state index in [1.807, 2.05) is 26.0 Å². The van der Waals surface area contributed by atoms with Gasteiger partial charge in [0.2, 0.25) is 0 Å². The van der Waals surface area contributed by atoms with Crippen LogP contribution in [0.4, 0.5) is 10.6 Å². The fraction of sp³-hybridized carbons (Fsp3) is 0.542. The molecule has 1 fully saturated rings. The molecule has 31 heavy (non-hydrogen) atoms. The zero-order chi connectivity index (χ0) is 21.8. The third-order valence-electron chi connectivity index (χ3n) is 6.40. The summed E-state index contributed by atoms with van der Waals surface area (Å²) in [5.41, 5.74) is 3.68. The third kappa shape index (κ3) is 5.27. The van der Waals surface area contributed by atoms with E-state index in [1.54, 1.807) is 7.11 Å². The molecule has 1 saturated heterocycles. The fourth-order valence-electron chi connectivity index (χ4n) is 4.79. The van der Waals surface area contributed by atoms with Crippen LogP contribution in [0.2, 0.25) is 0 Å². The van der Waals surface area contributed by atoms with E-state index in [9.17, 15) is 4.79 Å². The smallest absolute Gasteiger partial charge is 0.315 e. The van der Waals surface area contributed by atoms with Crippen LogP contribution in [0.25, 0.3) is 0 Å². The Balaban J connectivity index is 1.25. The number of benzene rings is 1. The zero-order valence-corrected chi connectivity index (χ0v) is 18.8. The number of nitrogens with one attached hydrogen (secondary N) is 2. The molecule has 2 amide bonds. The molecule has 0 bridgehead atoms. The summed E-state index contributed by atoms with van der Waals surface area (Å²) in [5.74, 6) is 3.06. The van der Waals surface area contributed by atoms with Crippen LogP contribution < -0.4 is 20.3 Å². The van der Waals surface area contributed by atoms with E-state index in [2.05, 4.69) is 37.6 Å². The number of aryl methyl sites for hydroxylation is 3. The van der Waals surface area contributed by atoms with Gasteiger partial charge in [-0.25, -0.2) is 14.8 Å². The highest BCUT2D eigenvalue weighted by molar-refractivity contribution is 5.74. The Bertz CT molecular complexity index is 904. The van der Waals surface area contributed by atoms with Crippen LogP contribution in [0.15, 0.2) is 24.3 Å². The molecule has 2 N–H and O–H groups in total. The number of carbonyl (C=O) groups is 1. The van der Waals surface area contributed by atoms with Crippen molar-refractivity contribution in [1.82, 2.24) is 20.6 Å². The van der Waals surface area contributed by atoms with Gasteiger partial charge >= 0.3 is 6.03 Å². The summed E-state index contributed by atoms with van der Waals surface area (Å²) >= 11 is 0. The highest BCUT2D eigenvalue weighted by Gasteiger charge is 2.24. The van der Waals surface area contributed by atoms with Crippen LogP contribution in [0.3, 0.4) is 0 Å². The van der Waals surface area contributed by atoms with Crippen molar-refractivity contribution in [2.24, 2.45) is 0 Å². The molecule has 1 aromatic heterocycles. The number of rotatable bonds is 5. The SMILES string of the molecule is COc1ccc2c(c1)CCCC2CNC(=O)NC1CCN(c2cc(C)nc(C)n2)CC1. The first-order chi connectivity index (χ1) is 15.0. The lowest BCUT2D eigenvalue weighted by molar-refractivity contribution is 0.233. The van der Waals surface area contributed by atoms with Gasteiger partial charge in [-0.05, 0) is 69.2 Å². The van der Waals surface area contributed by atoms with Gasteiger partial charge in [-0.1, -0.05) is 6.07 Å². The Kier molecular flexibility index (Phi) is 6.59. The summed E-state index contributed by atoms with van der Waals surface area (Å²) in [4.78, 5) is 23.7. The lowest BCUT2D eigenvalue weighted by atomic mass is 9.82. The second kappa shape index (κ2) is 9.54. The van der Waals surface area contributed by atoms with E-state index in [-0.39, 0.29) is 12.1 Å². The van der Waals surface area contributed by atoms with Crippen molar-refractivity contribution in [3.63, 3.8) is 0 Å². The van der Waals surface area contributed by atoms with Crippen molar-refractivity contribution >= 4 is 11.8 Å². The van der Waals surface area contributed by atoms with Gasteiger partial charge in [0.15, 0.2) is 0 Å². The number of methoxy groups -OCH3 is 1. The molecule has 0 spiro atoms. The van der Waals surface area contributed by atoms with Gasteiger partial charge in [-0.2, -0.15) is 0 Å². The quantitative estimate of drug-likeness (QED) is 0.770. The number of carbonyl (C=O) groups excluding carboxylic acids is 1. The van der Waals surface area contributed by atoms with Gasteiger partial charge in [-0.3, -0.25) is 0 Å². The van der Waals surface area contributed by atoms with Gasteiger partial charge in [0.1, 0.15) is 17.4 Å². The summed E-state index contributed by atoms with van der Waals surface area (Å²) < 4.78 is 5.36. The topological polar surface area (TPSA) is 79.4 Å². The van der Waals surface area contributed by atoms with Crippen molar-refractivity contribution in [3.8, 4) is 5.75 Å². The van der Waals surface area contributed by atoms with Crippen LogP contribution in [-0.2, 0) is 6.42 Å². The van der Waals surface area contributed by atoms with Crippen LogP contribution in [0.1, 0.15) is 54.2 Å². The molecule has 1 aromatic carbocycles. The number of hydrogen-bond donors (Lipinski definition) is 2. The number of ether oxygens (including phenoxy) is 1. The van der Waals surface area contributed by atoms with Crippen molar-refractivity contribution in [1.29, 1.82) is 0 Å². The molecule has 2 heterocycles. The highest BCUT2D eigenvalue weighted by atomic mass is 16.5. The zero-order valence-electron chi connectivity index (χ0n) is 18.8. The predicted octanol–water partition coefficient (Wildman–Crippen LogP) is 3.49. The van der Waals surface area contributed by atoms with Gasteiger partial charge in [0.25, 0.3) is 0 Å². The minimum absolute atomic E-state index is 0.0622. The Morgan fingerprint density at radius 3 is 2.71 bits per heavy atom. The Morgan fingerprint density at radius 2 is 1.97 bits per heavy atom. The first-order valence-electron chi connectivity index (χ1n) is 11.3. The summed E-state index contributed by atoms with van der Waals surface area (Å²) in [6.07, 6.45) is 5.17. The largest absolute Gasteiger partial charge is 0.497 e. The summed E-state index contributed by atoms with van der Waals surface area (Å²) in [7, 11) is 1.70. The minimum atomic E-state index is -0.0622. The van der Waals surface area contributed by atoms with Crippen LogP contribution in [0, 0.1) is 13.8 Å². The van der Waals surface area contributed by atoms with Crippen molar-refractivity contribution in [3.05, 3.63) is 46.9 Å². The number of amides is 2. The molecular weight excluding hydrogens is 390 g/mol. The number of urea groups is 1. The summed E-state index contributed by atoms with van der Waals surface area (Å²) in [5, 5.41) is 6.28. The molecule has 2 aromatic rings. The number of piperidine rings is 1. The predicted molar refractivity (Wildman–Crippen MR) is 122 cm³/mol. The average Bonchev–Trinajstić information content (AvgIpc) is 2.77. The van der Waals surface area contributed by atoms with Gasteiger partial charge in [0, 0.05) is 43.4 Å². The molecule has 1 atom stereocenters. The second-order valence-corrected chi connectivity index (χ2v) is 8.68. The molecule has 1 unspecified atom stereocenters. The van der Waals surface area contributed by atoms with Gasteiger partial charge in [-0.15, -0.1) is 0 Å². The van der Waals surface area contributed by atoms with E-state index in [0.29, 0.717) is 12.5 Å². The summed E-state index contributed by atoms with van der Waals surface area (Å²) in [6, 6.07) is 8.48. The van der Waals surface area contributed by atoms with Gasteiger partial charge < -0.3 is 20.3 Å². The molecular formula is C24H33N5O2. The number of hydrogen-bond acceptors (Lipinski definition) is 5. The lowest BCUT2D eigenvalue weighted by Gasteiger charge is -2.33. The molecule has 7 nitrogen and oxygen atoms in total. The van der Waals surface area contributed by atoms with E-state index in [0.717, 1.165) is 68.3 Å². The molecule has 4 rings (SSSR count). The average molecular weight is 424 g/mol. The number of aromatic nitrogens is 2. The number of nitrogens with zero attached hydrogens (tertiary/aromatic N) is 3. The first-order valence-corrected chi connectivity index (χ1v) is 11.3. The minimum Gasteiger partial charge on any atom is -0.497 e. The molecule has 0 saturated carbocycles. The molecule has 2 aliphatic rings. The summed E-state index contributed by atoms with van der Waals surface area (Å²) in [6.45, 7) is 6.37. The fourth-order valence-corrected chi connectivity index (χ4v) is 4.79. The van der Waals surface area contributed by atoms with Crippen molar-refractivity contribution in [2.75, 3.05) is 31.6 Å². The highest BCUT2D eigenvalue weighted by Crippen LogP contribution is 2.33. The van der Waals surface area contributed by atoms with Crippen molar-refractivity contribution in [2.45, 2.75) is 57.9 Å². The van der Waals surface area contributed by atoms with Crippen LogP contribution >= 0.6 is 0 Å². The molecule has 166 valence electrons. The maximum Gasteiger partial charge on any atom is 0.315 e. The monoisotopic (exact) mass is 423 g/mol. The van der Waals surface area contributed by atoms with Crippen LogP contribution in [-0.4, -0.2) is 48.8 Å². The molecule has 1 aliphatic carbocycles. The molecule has 0 radical (unpaired) electrons. The van der Waals surface area contributed by atoms with E-state index < -0.39 is 0 Å². The van der Waals surface area contributed by atoms with E-state index in [1.165, 1.54) is 11.1 Å². The maximum absolute atomic E-state index is 12.5. The normalized spacial score (nSPS) is 18.9. The molecule has 1 aliphatic heterocycles. The Labute approximate surface area is 184 Å². The molecule has 7 heteroatoms. The van der Waals surface area contributed by atoms with E-state index >= 15 is 0 Å². The number of fused-ring (bicyclic) bond motifs is 1. The van der Waals surface area contributed by atoms with Gasteiger partial charge in [0.05, 0.1) is 7.11 Å². The Morgan fingerprint density at radius 1 is 1.16 bits per heavy atom. The van der Waals surface area contributed by atoms with E-state index in [4.69, 9.17) is 4.74 Å². The second-order valence-electron chi connectivity index (χ2n) is 8.68.